The summed E-state index contributed by atoms with van der Waals surface area (Å²) in [6, 6.07) is 4.66. The van der Waals surface area contributed by atoms with E-state index in [0.29, 0.717) is 17.5 Å². The molecule has 0 bridgehead atoms. The van der Waals surface area contributed by atoms with Crippen LogP contribution in [0, 0.1) is 0 Å². The van der Waals surface area contributed by atoms with E-state index >= 15 is 0 Å². The highest BCUT2D eigenvalue weighted by atomic mass is 16.5. The molecule has 0 unspecified atom stereocenters. The average molecular weight is 480 g/mol. The minimum Gasteiger partial charge on any atom is -0.385 e. The van der Waals surface area contributed by atoms with Crippen molar-refractivity contribution in [2.24, 2.45) is 0 Å². The molecule has 1 amide bonds. The molecule has 1 aliphatic heterocycles. The quantitative estimate of drug-likeness (QED) is 0.498. The molecule has 35 heavy (non-hydrogen) atoms. The van der Waals surface area contributed by atoms with Gasteiger partial charge in [0.2, 0.25) is 0 Å². The molecule has 1 aliphatic carbocycles. The van der Waals surface area contributed by atoms with E-state index in [1.165, 1.54) is 6.42 Å². The van der Waals surface area contributed by atoms with Gasteiger partial charge in [-0.05, 0) is 69.7 Å². The lowest BCUT2D eigenvalue weighted by Gasteiger charge is -2.40. The zero-order valence-corrected chi connectivity index (χ0v) is 21.2. The third-order valence-electron chi connectivity index (χ3n) is 7.91. The minimum absolute atomic E-state index is 0.0868. The first kappa shape index (κ1) is 24.0. The Labute approximate surface area is 206 Å². The van der Waals surface area contributed by atoms with Crippen LogP contribution in [0.1, 0.15) is 67.9 Å². The van der Waals surface area contributed by atoms with Gasteiger partial charge in [-0.15, -0.1) is 0 Å². The summed E-state index contributed by atoms with van der Waals surface area (Å²) in [6.07, 6.45) is 7.93. The lowest BCUT2D eigenvalue weighted by Crippen LogP contribution is -2.53. The van der Waals surface area contributed by atoms with E-state index in [1.54, 1.807) is 13.3 Å². The summed E-state index contributed by atoms with van der Waals surface area (Å²) in [5.41, 5.74) is 3.25. The van der Waals surface area contributed by atoms with E-state index < -0.39 is 0 Å². The van der Waals surface area contributed by atoms with Gasteiger partial charge >= 0.3 is 0 Å². The molecular formula is C27H37N5O3. The maximum Gasteiger partial charge on any atom is 0.259 e. The highest BCUT2D eigenvalue weighted by Gasteiger charge is 2.29. The summed E-state index contributed by atoms with van der Waals surface area (Å²) < 4.78 is 7.18. The summed E-state index contributed by atoms with van der Waals surface area (Å²) >= 11 is 0. The zero-order chi connectivity index (χ0) is 24.5. The van der Waals surface area contributed by atoms with Gasteiger partial charge in [-0.2, -0.15) is 5.10 Å². The van der Waals surface area contributed by atoms with E-state index in [0.717, 1.165) is 92.4 Å². The number of methoxy groups -OCH3 is 1. The standard InChI is InChI=1S/C27H37N5O3/c1-4-19-14-24-22(25-23(26(33)29-24)16-28-32(25)20-8-7-9-20)15-21(19)27(34)31-12-11-30(18(2)17-31)10-5-6-13-35-3/h14-16,18,20H,4-13,17H2,1-3H3,(H,29,33)/t18-/m1/s1. The molecule has 5 rings (SSSR count). The predicted molar refractivity (Wildman–Crippen MR) is 138 cm³/mol. The van der Waals surface area contributed by atoms with Gasteiger partial charge in [0.15, 0.2) is 0 Å². The first-order chi connectivity index (χ1) is 17.0. The van der Waals surface area contributed by atoms with Crippen LogP contribution < -0.4 is 5.56 Å². The number of piperazine rings is 1. The van der Waals surface area contributed by atoms with Gasteiger partial charge in [-0.1, -0.05) is 6.92 Å². The van der Waals surface area contributed by atoms with Crippen molar-refractivity contribution in [1.82, 2.24) is 24.6 Å². The molecule has 3 aromatic rings. The number of aromatic amines is 1. The molecule has 8 heteroatoms. The molecule has 8 nitrogen and oxygen atoms in total. The topological polar surface area (TPSA) is 83.5 Å². The summed E-state index contributed by atoms with van der Waals surface area (Å²) in [5, 5.41) is 6.09. The number of pyridine rings is 1. The number of rotatable bonds is 8. The number of nitrogens with zero attached hydrogens (tertiary/aromatic N) is 4. The van der Waals surface area contributed by atoms with Gasteiger partial charge in [-0.25, -0.2) is 0 Å². The average Bonchev–Trinajstić information content (AvgIpc) is 3.26. The monoisotopic (exact) mass is 479 g/mol. The van der Waals surface area contributed by atoms with Crippen molar-refractivity contribution in [3.8, 4) is 0 Å². The van der Waals surface area contributed by atoms with E-state index in [4.69, 9.17) is 4.74 Å². The molecule has 1 saturated heterocycles. The number of unbranched alkanes of at least 4 members (excludes halogenated alkanes) is 1. The normalized spacial score (nSPS) is 19.5. The fourth-order valence-electron chi connectivity index (χ4n) is 5.57. The largest absolute Gasteiger partial charge is 0.385 e. The molecule has 0 radical (unpaired) electrons. The lowest BCUT2D eigenvalue weighted by atomic mass is 9.93. The van der Waals surface area contributed by atoms with Crippen LogP contribution in [0.3, 0.4) is 0 Å². The van der Waals surface area contributed by atoms with Crippen LogP contribution in [0.2, 0.25) is 0 Å². The van der Waals surface area contributed by atoms with Gasteiger partial charge in [0.05, 0.1) is 28.7 Å². The Bertz CT molecular complexity index is 1280. The summed E-state index contributed by atoms with van der Waals surface area (Å²) in [4.78, 5) is 34.1. The molecule has 3 heterocycles. The number of H-pyrrole nitrogens is 1. The number of benzene rings is 1. The van der Waals surface area contributed by atoms with Crippen molar-refractivity contribution in [3.05, 3.63) is 39.8 Å². The van der Waals surface area contributed by atoms with E-state index in [-0.39, 0.29) is 11.5 Å². The Morgan fingerprint density at radius 2 is 2.03 bits per heavy atom. The van der Waals surface area contributed by atoms with Gasteiger partial charge in [0, 0.05) is 50.3 Å². The van der Waals surface area contributed by atoms with Gasteiger partial charge in [-0.3, -0.25) is 19.2 Å². The van der Waals surface area contributed by atoms with Crippen LogP contribution in [0.25, 0.3) is 21.8 Å². The predicted octanol–water partition coefficient (Wildman–Crippen LogP) is 3.74. The second-order valence-electron chi connectivity index (χ2n) is 10.1. The number of aromatic nitrogens is 3. The fourth-order valence-corrected chi connectivity index (χ4v) is 5.57. The molecule has 2 fully saturated rings. The molecule has 188 valence electrons. The smallest absolute Gasteiger partial charge is 0.259 e. The Morgan fingerprint density at radius 1 is 1.20 bits per heavy atom. The van der Waals surface area contributed by atoms with E-state index in [1.807, 2.05) is 21.7 Å². The number of amides is 1. The SMILES string of the molecule is CCc1cc2[nH]c(=O)c3cnn(C4CCC4)c3c2cc1C(=O)N1CCN(CCCCOC)[C@H](C)C1. The second kappa shape index (κ2) is 10.1. The molecule has 2 aromatic heterocycles. The number of ether oxygens (including phenoxy) is 1. The van der Waals surface area contributed by atoms with Crippen LogP contribution in [0.5, 0.6) is 0 Å². The van der Waals surface area contributed by atoms with Crippen molar-refractivity contribution in [3.63, 3.8) is 0 Å². The maximum atomic E-state index is 13.8. The number of fused-ring (bicyclic) bond motifs is 3. The molecule has 1 aromatic carbocycles. The zero-order valence-electron chi connectivity index (χ0n) is 21.2. The van der Waals surface area contributed by atoms with Crippen molar-refractivity contribution in [1.29, 1.82) is 0 Å². The van der Waals surface area contributed by atoms with Crippen molar-refractivity contribution >= 4 is 27.7 Å². The first-order valence-corrected chi connectivity index (χ1v) is 13.1. The van der Waals surface area contributed by atoms with Crippen molar-refractivity contribution in [2.75, 3.05) is 39.9 Å². The van der Waals surface area contributed by atoms with Crippen LogP contribution in [-0.4, -0.2) is 76.4 Å². The summed E-state index contributed by atoms with van der Waals surface area (Å²) in [5.74, 6) is 0.0868. The first-order valence-electron chi connectivity index (χ1n) is 13.1. The minimum atomic E-state index is -0.116. The van der Waals surface area contributed by atoms with Gasteiger partial charge < -0.3 is 14.6 Å². The molecule has 1 N–H and O–H groups in total. The molecule has 1 atom stereocenters. The number of carbonyl (C=O) groups is 1. The number of aryl methyl sites for hydroxylation is 1. The number of nitrogens with one attached hydrogen (secondary N) is 1. The van der Waals surface area contributed by atoms with Crippen LogP contribution in [0.15, 0.2) is 23.1 Å². The van der Waals surface area contributed by atoms with Crippen LogP contribution in [-0.2, 0) is 11.2 Å². The Balaban J connectivity index is 1.45. The highest BCUT2D eigenvalue weighted by molar-refractivity contribution is 6.07. The molecule has 2 aliphatic rings. The summed E-state index contributed by atoms with van der Waals surface area (Å²) in [7, 11) is 1.74. The molecule has 0 spiro atoms. The second-order valence-corrected chi connectivity index (χ2v) is 10.1. The van der Waals surface area contributed by atoms with Crippen molar-refractivity contribution in [2.45, 2.75) is 64.5 Å². The van der Waals surface area contributed by atoms with Gasteiger partial charge in [0.1, 0.15) is 0 Å². The summed E-state index contributed by atoms with van der Waals surface area (Å²) in [6.45, 7) is 8.46. The molecule has 1 saturated carbocycles. The number of hydrogen-bond acceptors (Lipinski definition) is 5. The highest BCUT2D eigenvalue weighted by Crippen LogP contribution is 2.35. The van der Waals surface area contributed by atoms with Crippen LogP contribution in [0.4, 0.5) is 0 Å². The maximum absolute atomic E-state index is 13.8. The number of carbonyl (C=O) groups excluding carboxylic acids is 1. The lowest BCUT2D eigenvalue weighted by molar-refractivity contribution is 0.0505. The molecular weight excluding hydrogens is 442 g/mol. The van der Waals surface area contributed by atoms with E-state index in [2.05, 4.69) is 28.8 Å². The fraction of sp³-hybridized carbons (Fsp3) is 0.593. The Hall–Kier alpha value is -2.71. The Kier molecular flexibility index (Phi) is 6.93. The van der Waals surface area contributed by atoms with Crippen molar-refractivity contribution < 1.29 is 9.53 Å². The van der Waals surface area contributed by atoms with E-state index in [9.17, 15) is 9.59 Å². The number of hydrogen-bond donors (Lipinski definition) is 1. The third kappa shape index (κ3) is 4.49. The third-order valence-corrected chi connectivity index (χ3v) is 7.91. The van der Waals surface area contributed by atoms with Crippen LogP contribution >= 0.6 is 0 Å². The Morgan fingerprint density at radius 3 is 2.71 bits per heavy atom. The van der Waals surface area contributed by atoms with Gasteiger partial charge in [0.25, 0.3) is 11.5 Å².